The molecule has 0 heterocycles. The van der Waals surface area contributed by atoms with Crippen LogP contribution < -0.4 is 10.6 Å². The molecule has 0 bridgehead atoms. The highest BCUT2D eigenvalue weighted by atomic mass is 35.5. The molecular weight excluding hydrogens is 414 g/mol. The van der Waals surface area contributed by atoms with Gasteiger partial charge in [0.05, 0.1) is 0 Å². The summed E-state index contributed by atoms with van der Waals surface area (Å²) in [6.45, 7) is 7.10. The van der Waals surface area contributed by atoms with Gasteiger partial charge in [0.1, 0.15) is 0 Å². The van der Waals surface area contributed by atoms with E-state index in [1.54, 1.807) is 0 Å². The lowest BCUT2D eigenvalue weighted by Gasteiger charge is -2.10. The van der Waals surface area contributed by atoms with Crippen LogP contribution in [0.25, 0.3) is 0 Å². The second-order valence-electron chi connectivity index (χ2n) is 6.93. The fourth-order valence-corrected chi connectivity index (χ4v) is 2.50. The van der Waals surface area contributed by atoms with E-state index < -0.39 is 0 Å². The van der Waals surface area contributed by atoms with Crippen LogP contribution in [-0.2, 0) is 0 Å². The summed E-state index contributed by atoms with van der Waals surface area (Å²) < 4.78 is 0. The number of hydrogen-bond donors (Lipinski definition) is 2. The van der Waals surface area contributed by atoms with Gasteiger partial charge in [-0.15, -0.1) is 49.6 Å². The number of nitrogens with one attached hydrogen (secondary N) is 2. The number of nitrogens with zero attached hydrogens (tertiary/aromatic N) is 2. The Morgan fingerprint density at radius 1 is 0.423 bits per heavy atom. The van der Waals surface area contributed by atoms with Gasteiger partial charge in [0.15, 0.2) is 0 Å². The molecule has 0 radical (unpaired) electrons. The third-order valence-corrected chi connectivity index (χ3v) is 3.87. The molecule has 0 unspecified atom stereocenters. The van der Waals surface area contributed by atoms with E-state index in [2.05, 4.69) is 48.6 Å². The molecule has 26 heavy (non-hydrogen) atoms. The van der Waals surface area contributed by atoms with Crippen LogP contribution in [0.3, 0.4) is 0 Å². The molecule has 2 N–H and O–H groups in total. The SMILES string of the molecule is CN(C)CCCNCCCCCCCCNCCCN(C)C.Cl.Cl.Cl.Cl. The molecule has 0 atom stereocenters. The lowest BCUT2D eigenvalue weighted by atomic mass is 10.1. The van der Waals surface area contributed by atoms with Gasteiger partial charge in [-0.3, -0.25) is 0 Å². The Bertz CT molecular complexity index is 201. The number of rotatable bonds is 17. The molecule has 0 aliphatic carbocycles. The fraction of sp³-hybridized carbons (Fsp3) is 1.00. The van der Waals surface area contributed by atoms with Crippen molar-refractivity contribution in [3.05, 3.63) is 0 Å². The zero-order valence-electron chi connectivity index (χ0n) is 17.4. The van der Waals surface area contributed by atoms with Crippen molar-refractivity contribution in [3.63, 3.8) is 0 Å². The number of halogens is 4. The molecule has 0 aliphatic rings. The first-order valence-corrected chi connectivity index (χ1v) is 9.34. The van der Waals surface area contributed by atoms with Crippen LogP contribution in [0, 0.1) is 0 Å². The maximum atomic E-state index is 3.54. The Morgan fingerprint density at radius 3 is 1.00 bits per heavy atom. The molecule has 166 valence electrons. The number of unbranched alkanes of at least 4 members (excludes halogenated alkanes) is 5. The van der Waals surface area contributed by atoms with Crippen molar-refractivity contribution >= 4 is 49.6 Å². The first kappa shape index (κ1) is 37.7. The number of hydrogen-bond acceptors (Lipinski definition) is 4. The molecule has 0 fully saturated rings. The van der Waals surface area contributed by atoms with Crippen molar-refractivity contribution in [2.45, 2.75) is 51.4 Å². The highest BCUT2D eigenvalue weighted by Crippen LogP contribution is 2.04. The van der Waals surface area contributed by atoms with Gasteiger partial charge in [-0.25, -0.2) is 0 Å². The van der Waals surface area contributed by atoms with Crippen LogP contribution in [-0.4, -0.2) is 77.3 Å². The van der Waals surface area contributed by atoms with Crippen molar-refractivity contribution in [1.82, 2.24) is 20.4 Å². The normalized spacial score (nSPS) is 9.92. The molecule has 0 amide bonds. The van der Waals surface area contributed by atoms with E-state index in [1.807, 2.05) is 0 Å². The van der Waals surface area contributed by atoms with Crippen molar-refractivity contribution in [1.29, 1.82) is 0 Å². The topological polar surface area (TPSA) is 30.5 Å². The van der Waals surface area contributed by atoms with Crippen LogP contribution in [0.15, 0.2) is 0 Å². The van der Waals surface area contributed by atoms with Gasteiger partial charge in [0.2, 0.25) is 0 Å². The molecular formula is C18H46Cl4N4. The van der Waals surface area contributed by atoms with Gasteiger partial charge in [-0.05, 0) is 93.1 Å². The summed E-state index contributed by atoms with van der Waals surface area (Å²) in [6, 6.07) is 0. The van der Waals surface area contributed by atoms with Gasteiger partial charge in [0, 0.05) is 0 Å². The monoisotopic (exact) mass is 458 g/mol. The van der Waals surface area contributed by atoms with E-state index in [9.17, 15) is 0 Å². The second kappa shape index (κ2) is 30.7. The standard InChI is InChI=1S/C18H42N4.4ClH/c1-21(2)17-11-15-19-13-9-7-5-6-8-10-14-20-16-12-18-22(3)4;;;;/h19-20H,5-18H2,1-4H3;4*1H. The van der Waals surface area contributed by atoms with Crippen LogP contribution in [0.2, 0.25) is 0 Å². The summed E-state index contributed by atoms with van der Waals surface area (Å²) in [7, 11) is 8.55. The van der Waals surface area contributed by atoms with E-state index in [-0.39, 0.29) is 49.6 Å². The summed E-state index contributed by atoms with van der Waals surface area (Å²) in [5.74, 6) is 0. The lowest BCUT2D eigenvalue weighted by Crippen LogP contribution is -2.22. The third kappa shape index (κ3) is 36.0. The largest absolute Gasteiger partial charge is 0.317 e. The van der Waals surface area contributed by atoms with Gasteiger partial charge in [-0.1, -0.05) is 25.7 Å². The fourth-order valence-electron chi connectivity index (χ4n) is 2.50. The zero-order chi connectivity index (χ0) is 16.5. The molecule has 0 aromatic rings. The maximum absolute atomic E-state index is 3.54. The second-order valence-corrected chi connectivity index (χ2v) is 6.93. The Kier molecular flexibility index (Phi) is 44.6. The third-order valence-electron chi connectivity index (χ3n) is 3.87. The first-order valence-electron chi connectivity index (χ1n) is 9.34. The quantitative estimate of drug-likeness (QED) is 0.320. The summed E-state index contributed by atoms with van der Waals surface area (Å²) in [4.78, 5) is 4.50. The molecule has 0 aromatic carbocycles. The summed E-state index contributed by atoms with van der Waals surface area (Å²) in [5.41, 5.74) is 0. The van der Waals surface area contributed by atoms with E-state index in [0.717, 1.165) is 13.1 Å². The van der Waals surface area contributed by atoms with Crippen LogP contribution >= 0.6 is 49.6 Å². The van der Waals surface area contributed by atoms with Crippen LogP contribution in [0.5, 0.6) is 0 Å². The molecule has 0 aliphatic heterocycles. The first-order chi connectivity index (χ1) is 10.6. The van der Waals surface area contributed by atoms with Gasteiger partial charge in [-0.2, -0.15) is 0 Å². The molecule has 0 aromatic heterocycles. The Hall–Kier alpha value is 1.00. The van der Waals surface area contributed by atoms with E-state index in [4.69, 9.17) is 0 Å². The molecule has 0 saturated carbocycles. The summed E-state index contributed by atoms with van der Waals surface area (Å²) in [5, 5.41) is 7.08. The minimum atomic E-state index is 0. The Morgan fingerprint density at radius 2 is 0.692 bits per heavy atom. The summed E-state index contributed by atoms with van der Waals surface area (Å²) in [6.07, 6.45) is 10.8. The van der Waals surface area contributed by atoms with Gasteiger partial charge in [0.25, 0.3) is 0 Å². The molecule has 0 rings (SSSR count). The van der Waals surface area contributed by atoms with Crippen LogP contribution in [0.4, 0.5) is 0 Å². The predicted octanol–water partition coefficient (Wildman–Crippen LogP) is 4.10. The molecule has 0 spiro atoms. The highest BCUT2D eigenvalue weighted by Gasteiger charge is 1.94. The molecule has 4 nitrogen and oxygen atoms in total. The summed E-state index contributed by atoms with van der Waals surface area (Å²) >= 11 is 0. The average molecular weight is 460 g/mol. The molecule has 0 saturated heterocycles. The van der Waals surface area contributed by atoms with Crippen molar-refractivity contribution < 1.29 is 0 Å². The minimum Gasteiger partial charge on any atom is -0.317 e. The highest BCUT2D eigenvalue weighted by molar-refractivity contribution is 5.86. The lowest BCUT2D eigenvalue weighted by molar-refractivity contribution is 0.393. The van der Waals surface area contributed by atoms with Gasteiger partial charge < -0.3 is 20.4 Å². The minimum absolute atomic E-state index is 0. The van der Waals surface area contributed by atoms with Crippen molar-refractivity contribution in [2.24, 2.45) is 0 Å². The average Bonchev–Trinajstić information content (AvgIpc) is 2.46. The van der Waals surface area contributed by atoms with Crippen molar-refractivity contribution in [2.75, 3.05) is 67.5 Å². The van der Waals surface area contributed by atoms with E-state index in [0.29, 0.717) is 0 Å². The smallest absolute Gasteiger partial charge is 0.00127 e. The Labute approximate surface area is 188 Å². The maximum Gasteiger partial charge on any atom is -0.00127 e. The van der Waals surface area contributed by atoms with Crippen LogP contribution in [0.1, 0.15) is 51.4 Å². The Balaban J connectivity index is -0.000000367. The zero-order valence-corrected chi connectivity index (χ0v) is 20.7. The molecule has 8 heteroatoms. The van der Waals surface area contributed by atoms with E-state index in [1.165, 1.54) is 77.5 Å². The van der Waals surface area contributed by atoms with E-state index >= 15 is 0 Å². The van der Waals surface area contributed by atoms with Gasteiger partial charge >= 0.3 is 0 Å². The predicted molar refractivity (Wildman–Crippen MR) is 129 cm³/mol. The van der Waals surface area contributed by atoms with Crippen molar-refractivity contribution in [3.8, 4) is 0 Å².